The number of unbranched alkanes of at least 4 members (excludes halogenated alkanes) is 4. The summed E-state index contributed by atoms with van der Waals surface area (Å²) < 4.78 is 10.7. The molecule has 0 heterocycles. The van der Waals surface area contributed by atoms with Crippen LogP contribution in [0.2, 0.25) is 0 Å². The second-order valence-electron chi connectivity index (χ2n) is 8.69. The zero-order valence-corrected chi connectivity index (χ0v) is 18.9. The lowest BCUT2D eigenvalue weighted by atomic mass is 9.75. The number of hydrogen-bond donors (Lipinski definition) is 1. The molecule has 168 valence electrons. The van der Waals surface area contributed by atoms with Gasteiger partial charge < -0.3 is 14.6 Å². The van der Waals surface area contributed by atoms with Crippen molar-refractivity contribution in [2.24, 2.45) is 5.92 Å². The van der Waals surface area contributed by atoms with Crippen LogP contribution in [0.5, 0.6) is 5.75 Å². The van der Waals surface area contributed by atoms with Gasteiger partial charge in [0.1, 0.15) is 5.75 Å². The second-order valence-corrected chi connectivity index (χ2v) is 8.69. The van der Waals surface area contributed by atoms with Gasteiger partial charge in [0.05, 0.1) is 25.2 Å². The largest absolute Gasteiger partial charge is 0.494 e. The van der Waals surface area contributed by atoms with E-state index >= 15 is 0 Å². The zero-order valence-electron chi connectivity index (χ0n) is 18.9. The van der Waals surface area contributed by atoms with Crippen molar-refractivity contribution in [3.8, 4) is 16.9 Å². The van der Waals surface area contributed by atoms with E-state index in [1.165, 1.54) is 32.8 Å². The van der Waals surface area contributed by atoms with Crippen molar-refractivity contribution < 1.29 is 19.4 Å². The van der Waals surface area contributed by atoms with Crippen LogP contribution in [0.25, 0.3) is 11.1 Å². The molecule has 1 fully saturated rings. The molecule has 4 nitrogen and oxygen atoms in total. The smallest absolute Gasteiger partial charge is 0.308 e. The highest BCUT2D eigenvalue weighted by Gasteiger charge is 2.37. The molecule has 4 heteroatoms. The minimum atomic E-state index is -0.863. The van der Waals surface area contributed by atoms with Crippen molar-refractivity contribution in [3.63, 3.8) is 0 Å². The number of ether oxygens (including phenoxy) is 2. The van der Waals surface area contributed by atoms with E-state index in [0.717, 1.165) is 35.5 Å². The van der Waals surface area contributed by atoms with Crippen LogP contribution < -0.4 is 4.74 Å². The third-order valence-corrected chi connectivity index (χ3v) is 6.47. The number of benzene rings is 2. The molecular weight excluding hydrogens is 388 g/mol. The van der Waals surface area contributed by atoms with Crippen LogP contribution in [0.1, 0.15) is 70.3 Å². The molecule has 0 radical (unpaired) electrons. The Morgan fingerprint density at radius 2 is 1.52 bits per heavy atom. The maximum atomic E-state index is 11.7. The maximum Gasteiger partial charge on any atom is 0.308 e. The van der Waals surface area contributed by atoms with Crippen molar-refractivity contribution in [2.45, 2.75) is 70.3 Å². The summed E-state index contributed by atoms with van der Waals surface area (Å²) in [5, 5.41) is 11.1. The van der Waals surface area contributed by atoms with Crippen LogP contribution in [0.3, 0.4) is 0 Å². The van der Waals surface area contributed by atoms with Crippen LogP contribution in [0.4, 0.5) is 0 Å². The molecule has 0 aromatic heterocycles. The molecule has 0 spiro atoms. The number of rotatable bonds is 10. The Labute approximate surface area is 186 Å². The lowest BCUT2D eigenvalue weighted by Crippen LogP contribution is -2.34. The molecule has 1 aliphatic carbocycles. The summed E-state index contributed by atoms with van der Waals surface area (Å²) in [4.78, 5) is 11.7. The first-order valence-electron chi connectivity index (χ1n) is 11.7. The standard InChI is InChI=1S/C27H36O4/c1-3-4-5-6-7-20-31-25-14-10-22(11-15-25)21-8-12-24(13-9-21)27(29)18-16-23(17-19-27)26(28)30-2/h8-15,23,29H,3-7,16-20H2,1-2H3. The highest BCUT2D eigenvalue weighted by atomic mass is 16.5. The predicted octanol–water partition coefficient (Wildman–Crippen LogP) is 6.25. The third-order valence-electron chi connectivity index (χ3n) is 6.47. The van der Waals surface area contributed by atoms with Gasteiger partial charge in [0, 0.05) is 0 Å². The quantitative estimate of drug-likeness (QED) is 0.362. The summed E-state index contributed by atoms with van der Waals surface area (Å²) in [5.74, 6) is 0.649. The van der Waals surface area contributed by atoms with E-state index < -0.39 is 5.60 Å². The average Bonchev–Trinajstić information content (AvgIpc) is 2.82. The molecule has 1 saturated carbocycles. The lowest BCUT2D eigenvalue weighted by molar-refractivity contribution is -0.148. The molecule has 0 amide bonds. The molecule has 2 aromatic carbocycles. The number of aliphatic hydroxyl groups is 1. The van der Waals surface area contributed by atoms with E-state index in [9.17, 15) is 9.90 Å². The molecular formula is C27H36O4. The molecule has 0 bridgehead atoms. The fourth-order valence-electron chi connectivity index (χ4n) is 4.40. The monoisotopic (exact) mass is 424 g/mol. The average molecular weight is 425 g/mol. The summed E-state index contributed by atoms with van der Waals surface area (Å²) in [5.41, 5.74) is 2.30. The fraction of sp³-hybridized carbons (Fsp3) is 0.519. The van der Waals surface area contributed by atoms with E-state index in [1.54, 1.807) is 0 Å². The van der Waals surface area contributed by atoms with Crippen LogP contribution in [-0.2, 0) is 15.1 Å². The van der Waals surface area contributed by atoms with Gasteiger partial charge in [-0.1, -0.05) is 69.0 Å². The lowest BCUT2D eigenvalue weighted by Gasteiger charge is -2.35. The Morgan fingerprint density at radius 1 is 0.935 bits per heavy atom. The first-order chi connectivity index (χ1) is 15.1. The number of hydrogen-bond acceptors (Lipinski definition) is 4. The van der Waals surface area contributed by atoms with E-state index in [-0.39, 0.29) is 11.9 Å². The van der Waals surface area contributed by atoms with E-state index in [2.05, 4.69) is 31.2 Å². The van der Waals surface area contributed by atoms with Crippen molar-refractivity contribution in [2.75, 3.05) is 13.7 Å². The molecule has 0 aliphatic heterocycles. The normalized spacial score (nSPS) is 20.9. The van der Waals surface area contributed by atoms with Gasteiger partial charge in [-0.3, -0.25) is 4.79 Å². The van der Waals surface area contributed by atoms with Crippen LogP contribution >= 0.6 is 0 Å². The van der Waals surface area contributed by atoms with E-state index in [4.69, 9.17) is 9.47 Å². The summed E-state index contributed by atoms with van der Waals surface area (Å²) >= 11 is 0. The summed E-state index contributed by atoms with van der Waals surface area (Å²) in [7, 11) is 1.43. The first-order valence-corrected chi connectivity index (χ1v) is 11.7. The highest BCUT2D eigenvalue weighted by Crippen LogP contribution is 2.40. The molecule has 3 rings (SSSR count). The predicted molar refractivity (Wildman–Crippen MR) is 124 cm³/mol. The van der Waals surface area contributed by atoms with Gasteiger partial charge in [-0.25, -0.2) is 0 Å². The summed E-state index contributed by atoms with van der Waals surface area (Å²) in [6.07, 6.45) is 8.66. The molecule has 0 saturated heterocycles. The van der Waals surface area contributed by atoms with Crippen LogP contribution in [0, 0.1) is 5.92 Å². The number of carbonyl (C=O) groups excluding carboxylic acids is 1. The van der Waals surface area contributed by atoms with Gasteiger partial charge in [0.25, 0.3) is 0 Å². The molecule has 0 atom stereocenters. The molecule has 1 N–H and O–H groups in total. The maximum absolute atomic E-state index is 11.7. The Kier molecular flexibility index (Phi) is 8.53. The summed E-state index contributed by atoms with van der Waals surface area (Å²) in [6, 6.07) is 16.3. The minimum absolute atomic E-state index is 0.0957. The van der Waals surface area contributed by atoms with Crippen molar-refractivity contribution in [1.29, 1.82) is 0 Å². The second kappa shape index (κ2) is 11.3. The Bertz CT molecular complexity index is 802. The number of carbonyl (C=O) groups is 1. The van der Waals surface area contributed by atoms with Crippen molar-refractivity contribution >= 4 is 5.97 Å². The molecule has 0 unspecified atom stereocenters. The highest BCUT2D eigenvalue weighted by molar-refractivity contribution is 5.72. The summed E-state index contributed by atoms with van der Waals surface area (Å²) in [6.45, 7) is 3.00. The molecule has 2 aromatic rings. The van der Waals surface area contributed by atoms with Crippen LogP contribution in [0.15, 0.2) is 48.5 Å². The van der Waals surface area contributed by atoms with Gasteiger partial charge in [0.15, 0.2) is 0 Å². The Morgan fingerprint density at radius 3 is 2.10 bits per heavy atom. The number of methoxy groups -OCH3 is 1. The minimum Gasteiger partial charge on any atom is -0.494 e. The van der Waals surface area contributed by atoms with E-state index in [0.29, 0.717) is 25.7 Å². The van der Waals surface area contributed by atoms with Gasteiger partial charge in [-0.2, -0.15) is 0 Å². The molecule has 31 heavy (non-hydrogen) atoms. The van der Waals surface area contributed by atoms with Gasteiger partial charge in [-0.15, -0.1) is 0 Å². The Hall–Kier alpha value is -2.33. The van der Waals surface area contributed by atoms with Gasteiger partial charge in [-0.05, 0) is 60.9 Å². The first kappa shape index (κ1) is 23.3. The third kappa shape index (κ3) is 6.33. The van der Waals surface area contributed by atoms with Gasteiger partial charge in [0.2, 0.25) is 0 Å². The SMILES string of the molecule is CCCCCCCOc1ccc(-c2ccc(C3(O)CCC(C(=O)OC)CC3)cc2)cc1. The fourth-order valence-corrected chi connectivity index (χ4v) is 4.40. The van der Waals surface area contributed by atoms with E-state index in [1.807, 2.05) is 24.3 Å². The molecule has 1 aliphatic rings. The van der Waals surface area contributed by atoms with Gasteiger partial charge >= 0.3 is 5.97 Å². The van der Waals surface area contributed by atoms with Crippen molar-refractivity contribution in [1.82, 2.24) is 0 Å². The zero-order chi connectivity index (χ0) is 22.1. The van der Waals surface area contributed by atoms with Crippen LogP contribution in [-0.4, -0.2) is 24.8 Å². The Balaban J connectivity index is 1.53. The number of esters is 1. The topological polar surface area (TPSA) is 55.8 Å². The van der Waals surface area contributed by atoms with Crippen molar-refractivity contribution in [3.05, 3.63) is 54.1 Å².